The quantitative estimate of drug-likeness (QED) is 0.363. The molecule has 1 heterocycles. The minimum absolute atomic E-state index is 0.0344. The van der Waals surface area contributed by atoms with E-state index in [0.717, 1.165) is 11.3 Å². The molecule has 0 saturated carbocycles. The van der Waals surface area contributed by atoms with E-state index in [0.29, 0.717) is 25.1 Å². The molecule has 0 radical (unpaired) electrons. The van der Waals surface area contributed by atoms with Gasteiger partial charge in [0.05, 0.1) is 18.6 Å². The highest BCUT2D eigenvalue weighted by Gasteiger charge is 2.27. The zero-order valence-electron chi connectivity index (χ0n) is 21.1. The second-order valence-electron chi connectivity index (χ2n) is 9.06. The predicted molar refractivity (Wildman–Crippen MR) is 146 cm³/mol. The van der Waals surface area contributed by atoms with Crippen molar-refractivity contribution in [2.45, 2.75) is 44.0 Å². The Morgan fingerprint density at radius 1 is 1.03 bits per heavy atom. The summed E-state index contributed by atoms with van der Waals surface area (Å²) in [5, 5.41) is 12.5. The molecule has 0 aliphatic carbocycles. The summed E-state index contributed by atoms with van der Waals surface area (Å²) in [7, 11) is 0. The van der Waals surface area contributed by atoms with Gasteiger partial charge in [0.15, 0.2) is 0 Å². The Morgan fingerprint density at radius 3 is 2.43 bits per heavy atom. The van der Waals surface area contributed by atoms with E-state index in [9.17, 15) is 19.5 Å². The third kappa shape index (κ3) is 10.4. The SMILES string of the molecule is O=C1CCC=CC[C@H](CC(=O)N(CCO)Cc2ccccc2)C(=O)N[C@@H](CSCc2ccccc2)CO1. The van der Waals surface area contributed by atoms with E-state index in [4.69, 9.17) is 4.74 Å². The maximum absolute atomic E-state index is 13.3. The van der Waals surface area contributed by atoms with Crippen LogP contribution in [0.1, 0.15) is 36.8 Å². The summed E-state index contributed by atoms with van der Waals surface area (Å²) >= 11 is 1.66. The third-order valence-electron chi connectivity index (χ3n) is 6.06. The summed E-state index contributed by atoms with van der Waals surface area (Å²) in [5.74, 6) is 0.0992. The molecule has 7 nitrogen and oxygen atoms in total. The first-order valence-electron chi connectivity index (χ1n) is 12.7. The van der Waals surface area contributed by atoms with Crippen LogP contribution in [0.25, 0.3) is 0 Å². The fraction of sp³-hybridized carbons (Fsp3) is 0.414. The lowest BCUT2D eigenvalue weighted by molar-refractivity contribution is -0.145. The number of rotatable bonds is 10. The first kappa shape index (κ1) is 28.5. The Balaban J connectivity index is 1.66. The number of hydrogen-bond donors (Lipinski definition) is 2. The topological polar surface area (TPSA) is 95.9 Å². The summed E-state index contributed by atoms with van der Waals surface area (Å²) in [5.41, 5.74) is 2.14. The van der Waals surface area contributed by atoms with E-state index in [1.165, 1.54) is 5.56 Å². The van der Waals surface area contributed by atoms with E-state index >= 15 is 0 Å². The first-order valence-corrected chi connectivity index (χ1v) is 13.9. The van der Waals surface area contributed by atoms with Gasteiger partial charge in [0, 0.05) is 37.4 Å². The number of aliphatic hydroxyl groups is 1. The van der Waals surface area contributed by atoms with Crippen molar-refractivity contribution in [3.05, 3.63) is 83.9 Å². The van der Waals surface area contributed by atoms with Crippen molar-refractivity contribution in [1.82, 2.24) is 10.2 Å². The Morgan fingerprint density at radius 2 is 1.73 bits per heavy atom. The van der Waals surface area contributed by atoms with Crippen LogP contribution in [0.2, 0.25) is 0 Å². The molecule has 2 aromatic carbocycles. The maximum atomic E-state index is 13.3. The van der Waals surface area contributed by atoms with Crippen molar-refractivity contribution >= 4 is 29.5 Å². The number of aliphatic hydroxyl groups excluding tert-OH is 1. The van der Waals surface area contributed by atoms with E-state index in [1.54, 1.807) is 16.7 Å². The van der Waals surface area contributed by atoms with Gasteiger partial charge in [-0.25, -0.2) is 0 Å². The molecule has 0 fully saturated rings. The van der Waals surface area contributed by atoms with Crippen LogP contribution in [0.3, 0.4) is 0 Å². The van der Waals surface area contributed by atoms with E-state index in [1.807, 2.05) is 72.8 Å². The number of benzene rings is 2. The summed E-state index contributed by atoms with van der Waals surface area (Å²) in [6.45, 7) is 0.522. The van der Waals surface area contributed by atoms with Crippen LogP contribution in [-0.4, -0.2) is 59.3 Å². The number of cyclic esters (lactones) is 1. The lowest BCUT2D eigenvalue weighted by atomic mass is 9.98. The molecule has 2 N–H and O–H groups in total. The van der Waals surface area contributed by atoms with Gasteiger partial charge in [-0.2, -0.15) is 11.8 Å². The smallest absolute Gasteiger partial charge is 0.306 e. The number of allylic oxidation sites excluding steroid dienone is 2. The average molecular weight is 525 g/mol. The second kappa shape index (κ2) is 15.9. The zero-order valence-corrected chi connectivity index (χ0v) is 21.9. The molecular formula is C29H36N2O5S. The Hall–Kier alpha value is -3.10. The molecule has 2 amide bonds. The van der Waals surface area contributed by atoms with Gasteiger partial charge in [0.25, 0.3) is 0 Å². The van der Waals surface area contributed by atoms with Crippen LogP contribution in [0.15, 0.2) is 72.8 Å². The highest BCUT2D eigenvalue weighted by molar-refractivity contribution is 7.98. The molecule has 0 bridgehead atoms. The van der Waals surface area contributed by atoms with Crippen molar-refractivity contribution in [1.29, 1.82) is 0 Å². The number of amides is 2. The minimum Gasteiger partial charge on any atom is -0.463 e. The van der Waals surface area contributed by atoms with Gasteiger partial charge in [-0.05, 0) is 24.0 Å². The number of carbonyl (C=O) groups is 3. The standard InChI is InChI=1S/C29H36N2O5S/c32-17-16-31(19-23-10-4-1-5-11-23)27(33)18-25-14-8-3-9-15-28(34)36-20-26(30-29(25)35)22-37-21-24-12-6-2-7-13-24/h1-8,10-13,25-26,32H,9,14-22H2,(H,30,35)/t25-,26-/m1/s1. The number of hydrogen-bond acceptors (Lipinski definition) is 6. The van der Waals surface area contributed by atoms with Gasteiger partial charge in [-0.1, -0.05) is 72.8 Å². The molecule has 0 saturated heterocycles. The molecule has 198 valence electrons. The zero-order chi connectivity index (χ0) is 26.3. The largest absolute Gasteiger partial charge is 0.463 e. The van der Waals surface area contributed by atoms with Crippen molar-refractivity contribution in [2.75, 3.05) is 25.5 Å². The summed E-state index contributed by atoms with van der Waals surface area (Å²) in [6, 6.07) is 19.3. The van der Waals surface area contributed by atoms with Gasteiger partial charge < -0.3 is 20.1 Å². The molecule has 2 aromatic rings. The molecule has 0 unspecified atom stereocenters. The van der Waals surface area contributed by atoms with E-state index < -0.39 is 5.92 Å². The first-order chi connectivity index (χ1) is 18.0. The maximum Gasteiger partial charge on any atom is 0.306 e. The summed E-state index contributed by atoms with van der Waals surface area (Å²) < 4.78 is 5.43. The van der Waals surface area contributed by atoms with Crippen LogP contribution in [0.4, 0.5) is 0 Å². The number of thioether (sulfide) groups is 1. The third-order valence-corrected chi connectivity index (χ3v) is 7.23. The van der Waals surface area contributed by atoms with Crippen molar-refractivity contribution < 1.29 is 24.2 Å². The summed E-state index contributed by atoms with van der Waals surface area (Å²) in [6.07, 6.45) is 4.95. The highest BCUT2D eigenvalue weighted by Crippen LogP contribution is 2.18. The Kier molecular flexibility index (Phi) is 12.2. The highest BCUT2D eigenvalue weighted by atomic mass is 32.2. The summed E-state index contributed by atoms with van der Waals surface area (Å²) in [4.78, 5) is 40.2. The molecule has 0 aromatic heterocycles. The molecule has 8 heteroatoms. The molecule has 3 rings (SSSR count). The Labute approximate surface area is 223 Å². The average Bonchev–Trinajstić information content (AvgIpc) is 2.91. The van der Waals surface area contributed by atoms with Crippen molar-refractivity contribution in [3.8, 4) is 0 Å². The van der Waals surface area contributed by atoms with E-state index in [2.05, 4.69) is 5.32 Å². The number of nitrogens with one attached hydrogen (secondary N) is 1. The van der Waals surface area contributed by atoms with Crippen LogP contribution in [0.5, 0.6) is 0 Å². The normalized spacial score (nSPS) is 18.7. The minimum atomic E-state index is -0.558. The van der Waals surface area contributed by atoms with Crippen molar-refractivity contribution in [3.63, 3.8) is 0 Å². The van der Waals surface area contributed by atoms with Crippen LogP contribution < -0.4 is 5.32 Å². The van der Waals surface area contributed by atoms with Crippen LogP contribution in [0, 0.1) is 5.92 Å². The monoisotopic (exact) mass is 524 g/mol. The van der Waals surface area contributed by atoms with E-state index in [-0.39, 0.29) is 56.4 Å². The van der Waals surface area contributed by atoms with Gasteiger partial charge >= 0.3 is 5.97 Å². The molecule has 0 spiro atoms. The molecular weight excluding hydrogens is 488 g/mol. The molecule has 2 atom stereocenters. The van der Waals surface area contributed by atoms with Crippen LogP contribution >= 0.6 is 11.8 Å². The van der Waals surface area contributed by atoms with Crippen LogP contribution in [-0.2, 0) is 31.4 Å². The lowest BCUT2D eigenvalue weighted by Gasteiger charge is -2.26. The van der Waals surface area contributed by atoms with Gasteiger partial charge in [-0.3, -0.25) is 14.4 Å². The molecule has 1 aliphatic rings. The predicted octanol–water partition coefficient (Wildman–Crippen LogP) is 3.72. The van der Waals surface area contributed by atoms with Gasteiger partial charge in [0.2, 0.25) is 11.8 Å². The fourth-order valence-corrected chi connectivity index (χ4v) is 5.04. The Bertz CT molecular complexity index is 1020. The molecule has 1 aliphatic heterocycles. The number of nitrogens with zero attached hydrogens (tertiary/aromatic N) is 1. The second-order valence-corrected chi connectivity index (χ2v) is 10.1. The number of esters is 1. The number of carbonyl (C=O) groups excluding carboxylic acids is 3. The van der Waals surface area contributed by atoms with Crippen molar-refractivity contribution in [2.24, 2.45) is 5.92 Å². The lowest BCUT2D eigenvalue weighted by Crippen LogP contribution is -2.45. The van der Waals surface area contributed by atoms with Gasteiger partial charge in [0.1, 0.15) is 6.61 Å². The molecule has 37 heavy (non-hydrogen) atoms. The number of ether oxygens (including phenoxy) is 1. The fourth-order valence-electron chi connectivity index (χ4n) is 4.03. The van der Waals surface area contributed by atoms with Gasteiger partial charge in [-0.15, -0.1) is 0 Å².